The number of para-hydroxylation sites is 1. The van der Waals surface area contributed by atoms with Crippen LogP contribution < -0.4 is 4.90 Å². The van der Waals surface area contributed by atoms with Crippen molar-refractivity contribution in [2.24, 2.45) is 0 Å². The molecule has 0 bridgehead atoms. The van der Waals surface area contributed by atoms with Gasteiger partial charge in [0.05, 0.1) is 11.0 Å². The molecular weight excluding hydrogens is 268 g/mol. The van der Waals surface area contributed by atoms with Crippen LogP contribution in [0.3, 0.4) is 0 Å². The van der Waals surface area contributed by atoms with Crippen LogP contribution in [0.2, 0.25) is 0 Å². The summed E-state index contributed by atoms with van der Waals surface area (Å²) in [6.07, 6.45) is 0. The van der Waals surface area contributed by atoms with Crippen molar-refractivity contribution >= 4 is 11.4 Å². The lowest BCUT2D eigenvalue weighted by molar-refractivity contribution is -0.384. The third kappa shape index (κ3) is 2.98. The van der Waals surface area contributed by atoms with Gasteiger partial charge in [-0.3, -0.25) is 15.0 Å². The largest absolute Gasteiger partial charge is 0.363 e. The lowest BCUT2D eigenvalue weighted by Crippen LogP contribution is -2.54. The average molecular weight is 288 g/mol. The molecule has 0 aromatic heterocycles. The predicted molar refractivity (Wildman–Crippen MR) is 81.3 cm³/mol. The number of nitro groups is 1. The van der Waals surface area contributed by atoms with Crippen LogP contribution in [-0.4, -0.2) is 41.5 Å². The highest BCUT2D eigenvalue weighted by molar-refractivity contribution is 5.67. The van der Waals surface area contributed by atoms with Gasteiger partial charge in [-0.25, -0.2) is 0 Å². The molecule has 0 amide bonds. The van der Waals surface area contributed by atoms with Crippen LogP contribution in [0, 0.1) is 28.4 Å². The van der Waals surface area contributed by atoms with Crippen LogP contribution in [0.25, 0.3) is 0 Å². The van der Waals surface area contributed by atoms with Crippen molar-refractivity contribution in [2.45, 2.75) is 26.3 Å². The normalized spacial score (nSPS) is 16.6. The van der Waals surface area contributed by atoms with Crippen molar-refractivity contribution in [2.75, 3.05) is 31.1 Å². The topological polar surface area (TPSA) is 73.4 Å². The molecule has 2 rings (SSSR count). The molecule has 1 aliphatic heterocycles. The molecule has 1 heterocycles. The highest BCUT2D eigenvalue weighted by Gasteiger charge is 2.31. The fourth-order valence-electron chi connectivity index (χ4n) is 2.76. The summed E-state index contributed by atoms with van der Waals surface area (Å²) in [4.78, 5) is 15.1. The Balaban J connectivity index is 2.21. The summed E-state index contributed by atoms with van der Waals surface area (Å²) in [7, 11) is 0. The summed E-state index contributed by atoms with van der Waals surface area (Å²) >= 11 is 0. The molecule has 1 fully saturated rings. The quantitative estimate of drug-likeness (QED) is 0.630. The van der Waals surface area contributed by atoms with Gasteiger partial charge in [-0.2, -0.15) is 5.26 Å². The van der Waals surface area contributed by atoms with E-state index in [0.29, 0.717) is 18.8 Å². The first-order valence-corrected chi connectivity index (χ1v) is 7.02. The number of benzene rings is 1. The number of aryl methyl sites for hydroxylation is 1. The maximum atomic E-state index is 11.2. The Bertz CT molecular complexity index is 584. The monoisotopic (exact) mass is 288 g/mol. The van der Waals surface area contributed by atoms with Gasteiger partial charge in [0.15, 0.2) is 0 Å². The molecule has 0 unspecified atom stereocenters. The van der Waals surface area contributed by atoms with E-state index in [0.717, 1.165) is 18.7 Å². The minimum absolute atomic E-state index is 0.156. The molecule has 0 N–H and O–H groups in total. The van der Waals surface area contributed by atoms with Crippen molar-refractivity contribution in [3.05, 3.63) is 33.9 Å². The molecule has 112 valence electrons. The molecule has 1 aromatic rings. The Hall–Kier alpha value is -2.13. The highest BCUT2D eigenvalue weighted by Crippen LogP contribution is 2.32. The zero-order valence-corrected chi connectivity index (χ0v) is 12.7. The summed E-state index contributed by atoms with van der Waals surface area (Å²) in [5.41, 5.74) is 1.28. The maximum Gasteiger partial charge on any atom is 0.292 e. The van der Waals surface area contributed by atoms with Crippen LogP contribution in [0.15, 0.2) is 18.2 Å². The number of nitrogens with zero attached hydrogens (tertiary/aromatic N) is 4. The van der Waals surface area contributed by atoms with Gasteiger partial charge < -0.3 is 4.90 Å². The first-order valence-electron chi connectivity index (χ1n) is 7.02. The van der Waals surface area contributed by atoms with Crippen LogP contribution in [0.5, 0.6) is 0 Å². The van der Waals surface area contributed by atoms with Gasteiger partial charge in [0.2, 0.25) is 0 Å². The van der Waals surface area contributed by atoms with Gasteiger partial charge in [0.25, 0.3) is 5.69 Å². The van der Waals surface area contributed by atoms with Crippen LogP contribution in [0.1, 0.15) is 19.4 Å². The van der Waals surface area contributed by atoms with E-state index in [1.54, 1.807) is 12.1 Å². The van der Waals surface area contributed by atoms with E-state index >= 15 is 0 Å². The molecule has 0 aliphatic carbocycles. The zero-order chi connectivity index (χ0) is 15.6. The first kappa shape index (κ1) is 15.3. The van der Waals surface area contributed by atoms with Gasteiger partial charge in [-0.1, -0.05) is 12.1 Å². The van der Waals surface area contributed by atoms with Gasteiger partial charge in [-0.05, 0) is 26.3 Å². The van der Waals surface area contributed by atoms with E-state index in [9.17, 15) is 15.4 Å². The minimum atomic E-state index is -0.496. The maximum absolute atomic E-state index is 11.2. The van der Waals surface area contributed by atoms with Crippen molar-refractivity contribution in [3.63, 3.8) is 0 Å². The standard InChI is InChI=1S/C15H20N4O2/c1-12-5-4-6-13(19(20)21)14(12)17-7-9-18(10-8-17)15(2,3)11-16/h4-6H,7-10H2,1-3H3. The molecular formula is C15H20N4O2. The molecule has 6 nitrogen and oxygen atoms in total. The third-order valence-electron chi connectivity index (χ3n) is 4.07. The van der Waals surface area contributed by atoms with Crippen molar-refractivity contribution in [1.29, 1.82) is 5.26 Å². The third-order valence-corrected chi connectivity index (χ3v) is 4.07. The summed E-state index contributed by atoms with van der Waals surface area (Å²) < 4.78 is 0. The van der Waals surface area contributed by atoms with E-state index in [2.05, 4.69) is 15.9 Å². The van der Waals surface area contributed by atoms with Gasteiger partial charge in [0, 0.05) is 32.2 Å². The molecule has 0 radical (unpaired) electrons. The van der Waals surface area contributed by atoms with Crippen molar-refractivity contribution < 1.29 is 4.92 Å². The fraction of sp³-hybridized carbons (Fsp3) is 0.533. The number of nitro benzene ring substituents is 1. The molecule has 1 aliphatic rings. The molecule has 1 saturated heterocycles. The Labute approximate surface area is 124 Å². The zero-order valence-electron chi connectivity index (χ0n) is 12.7. The van der Waals surface area contributed by atoms with E-state index < -0.39 is 5.54 Å². The Kier molecular flexibility index (Phi) is 4.14. The number of piperazine rings is 1. The lowest BCUT2D eigenvalue weighted by Gasteiger charge is -2.41. The number of rotatable bonds is 3. The van der Waals surface area contributed by atoms with Crippen LogP contribution >= 0.6 is 0 Å². The van der Waals surface area contributed by atoms with Crippen molar-refractivity contribution in [1.82, 2.24) is 4.90 Å². The molecule has 0 saturated carbocycles. The summed E-state index contributed by atoms with van der Waals surface area (Å²) in [6.45, 7) is 8.54. The average Bonchev–Trinajstić information content (AvgIpc) is 2.47. The number of hydrogen-bond donors (Lipinski definition) is 0. The summed E-state index contributed by atoms with van der Waals surface area (Å²) in [5, 5.41) is 20.4. The van der Waals surface area contributed by atoms with Crippen LogP contribution in [0.4, 0.5) is 11.4 Å². The Morgan fingerprint density at radius 1 is 1.29 bits per heavy atom. The lowest BCUT2D eigenvalue weighted by atomic mass is 10.0. The second-order valence-corrected chi connectivity index (χ2v) is 5.84. The first-order chi connectivity index (χ1) is 9.86. The number of anilines is 1. The molecule has 21 heavy (non-hydrogen) atoms. The van der Waals surface area contributed by atoms with Gasteiger partial charge in [0.1, 0.15) is 11.2 Å². The van der Waals surface area contributed by atoms with Crippen LogP contribution in [-0.2, 0) is 0 Å². The minimum Gasteiger partial charge on any atom is -0.363 e. The van der Waals surface area contributed by atoms with E-state index in [4.69, 9.17) is 0 Å². The predicted octanol–water partition coefficient (Wildman–Crippen LogP) is 2.33. The van der Waals surface area contributed by atoms with Gasteiger partial charge in [-0.15, -0.1) is 0 Å². The number of hydrogen-bond acceptors (Lipinski definition) is 5. The number of nitriles is 1. The SMILES string of the molecule is Cc1cccc([N+](=O)[O-])c1N1CCN(C(C)(C)C#N)CC1. The van der Waals surface area contributed by atoms with E-state index in [-0.39, 0.29) is 10.6 Å². The molecule has 1 aromatic carbocycles. The summed E-state index contributed by atoms with van der Waals surface area (Å²) in [5.74, 6) is 0. The molecule has 0 atom stereocenters. The Morgan fingerprint density at radius 3 is 2.43 bits per heavy atom. The Morgan fingerprint density at radius 2 is 1.90 bits per heavy atom. The van der Waals surface area contributed by atoms with Gasteiger partial charge >= 0.3 is 0 Å². The second-order valence-electron chi connectivity index (χ2n) is 5.84. The fourth-order valence-corrected chi connectivity index (χ4v) is 2.76. The molecule has 6 heteroatoms. The summed E-state index contributed by atoms with van der Waals surface area (Å²) in [6, 6.07) is 7.47. The second kappa shape index (κ2) is 5.70. The smallest absolute Gasteiger partial charge is 0.292 e. The highest BCUT2D eigenvalue weighted by atomic mass is 16.6. The molecule has 0 spiro atoms. The van der Waals surface area contributed by atoms with Crippen molar-refractivity contribution in [3.8, 4) is 6.07 Å². The van der Waals surface area contributed by atoms with E-state index in [1.165, 1.54) is 0 Å². The van der Waals surface area contributed by atoms with E-state index in [1.807, 2.05) is 26.8 Å².